The Morgan fingerprint density at radius 3 is 2.85 bits per heavy atom. The van der Waals surface area contributed by atoms with Gasteiger partial charge in [0.1, 0.15) is 0 Å². The molecule has 0 aromatic heterocycles. The monoisotopic (exact) mass is 200 g/mol. The van der Waals surface area contributed by atoms with E-state index in [0.717, 1.165) is 13.0 Å². The summed E-state index contributed by atoms with van der Waals surface area (Å²) in [5.41, 5.74) is 5.74. The summed E-state index contributed by atoms with van der Waals surface area (Å²) >= 11 is 5.10. The Kier molecular flexibility index (Phi) is 4.13. The Morgan fingerprint density at radius 2 is 2.31 bits per heavy atom. The van der Waals surface area contributed by atoms with Crippen LogP contribution in [-0.4, -0.2) is 28.5 Å². The molecule has 0 bridgehead atoms. The number of likely N-dealkylation sites (tertiary alicyclic amines) is 1. The van der Waals surface area contributed by atoms with Gasteiger partial charge in [-0.25, -0.2) is 0 Å². The molecule has 1 rings (SSSR count). The zero-order valence-electron chi connectivity index (χ0n) is 8.62. The molecule has 0 aliphatic carbocycles. The van der Waals surface area contributed by atoms with Crippen LogP contribution < -0.4 is 5.73 Å². The summed E-state index contributed by atoms with van der Waals surface area (Å²) in [5, 5.41) is 0. The van der Waals surface area contributed by atoms with Crippen molar-refractivity contribution in [1.82, 2.24) is 4.90 Å². The first-order valence-electron chi connectivity index (χ1n) is 5.22. The lowest BCUT2D eigenvalue weighted by Crippen LogP contribution is -2.50. The second kappa shape index (κ2) is 4.91. The molecule has 2 N–H and O–H groups in total. The molecule has 2 atom stereocenters. The SMILES string of the molecule is CCC(C)N1CCCCC1C(N)=S. The molecule has 0 aromatic rings. The van der Waals surface area contributed by atoms with Crippen LogP contribution in [-0.2, 0) is 0 Å². The molecule has 1 fully saturated rings. The van der Waals surface area contributed by atoms with Crippen molar-refractivity contribution in [2.45, 2.75) is 51.6 Å². The van der Waals surface area contributed by atoms with Crippen molar-refractivity contribution in [3.63, 3.8) is 0 Å². The van der Waals surface area contributed by atoms with E-state index in [1.165, 1.54) is 19.3 Å². The number of hydrogen-bond donors (Lipinski definition) is 1. The Bertz CT molecular complexity index is 182. The van der Waals surface area contributed by atoms with Crippen LogP contribution in [0, 0.1) is 0 Å². The second-order valence-corrected chi connectivity index (χ2v) is 4.38. The highest BCUT2D eigenvalue weighted by molar-refractivity contribution is 7.80. The van der Waals surface area contributed by atoms with Crippen molar-refractivity contribution in [3.8, 4) is 0 Å². The zero-order valence-corrected chi connectivity index (χ0v) is 9.44. The zero-order chi connectivity index (χ0) is 9.84. The third-order valence-electron chi connectivity index (χ3n) is 3.03. The lowest BCUT2D eigenvalue weighted by atomic mass is 9.99. The fraction of sp³-hybridized carbons (Fsp3) is 0.900. The summed E-state index contributed by atoms with van der Waals surface area (Å²) in [5.74, 6) is 0. The van der Waals surface area contributed by atoms with Gasteiger partial charge in [-0.1, -0.05) is 25.6 Å². The first-order valence-corrected chi connectivity index (χ1v) is 5.62. The van der Waals surface area contributed by atoms with Crippen LogP contribution in [0.1, 0.15) is 39.5 Å². The smallest absolute Gasteiger partial charge is 0.0902 e. The molecule has 1 aliphatic rings. The van der Waals surface area contributed by atoms with Gasteiger partial charge in [0.2, 0.25) is 0 Å². The Morgan fingerprint density at radius 1 is 1.62 bits per heavy atom. The lowest BCUT2D eigenvalue weighted by Gasteiger charge is -2.39. The number of hydrogen-bond acceptors (Lipinski definition) is 2. The Hall–Kier alpha value is -0.150. The molecule has 0 aromatic carbocycles. The van der Waals surface area contributed by atoms with Crippen molar-refractivity contribution in [2.75, 3.05) is 6.54 Å². The Balaban J connectivity index is 2.61. The Labute approximate surface area is 86.5 Å². The summed E-state index contributed by atoms with van der Waals surface area (Å²) < 4.78 is 0. The maximum Gasteiger partial charge on any atom is 0.0902 e. The summed E-state index contributed by atoms with van der Waals surface area (Å²) in [7, 11) is 0. The van der Waals surface area contributed by atoms with Crippen LogP contribution in [0.25, 0.3) is 0 Å². The van der Waals surface area contributed by atoms with Gasteiger partial charge in [0.25, 0.3) is 0 Å². The molecule has 13 heavy (non-hydrogen) atoms. The minimum atomic E-state index is 0.360. The standard InChI is InChI=1S/C10H20N2S/c1-3-8(2)12-7-5-4-6-9(12)10(11)13/h8-9H,3-7H2,1-2H3,(H2,11,13). The van der Waals surface area contributed by atoms with Gasteiger partial charge in [0.05, 0.1) is 11.0 Å². The van der Waals surface area contributed by atoms with Gasteiger partial charge in [-0.3, -0.25) is 4.90 Å². The topological polar surface area (TPSA) is 29.3 Å². The maximum absolute atomic E-state index is 5.74. The molecule has 0 radical (unpaired) electrons. The third kappa shape index (κ3) is 2.64. The number of nitrogens with two attached hydrogens (primary N) is 1. The molecule has 0 saturated carbocycles. The molecule has 1 aliphatic heterocycles. The first kappa shape index (κ1) is 10.9. The van der Waals surface area contributed by atoms with E-state index >= 15 is 0 Å². The highest BCUT2D eigenvalue weighted by Gasteiger charge is 2.27. The van der Waals surface area contributed by atoms with Crippen molar-refractivity contribution in [1.29, 1.82) is 0 Å². The molecule has 0 amide bonds. The third-order valence-corrected chi connectivity index (χ3v) is 3.30. The van der Waals surface area contributed by atoms with E-state index in [-0.39, 0.29) is 0 Å². The molecule has 76 valence electrons. The quantitative estimate of drug-likeness (QED) is 0.706. The van der Waals surface area contributed by atoms with Gasteiger partial charge in [0, 0.05) is 6.04 Å². The lowest BCUT2D eigenvalue weighted by molar-refractivity contribution is 0.139. The average molecular weight is 200 g/mol. The maximum atomic E-state index is 5.74. The van der Waals surface area contributed by atoms with Crippen LogP contribution in [0.15, 0.2) is 0 Å². The summed E-state index contributed by atoms with van der Waals surface area (Å²) in [6.45, 7) is 5.64. The van der Waals surface area contributed by atoms with E-state index in [2.05, 4.69) is 18.7 Å². The molecular weight excluding hydrogens is 180 g/mol. The van der Waals surface area contributed by atoms with E-state index in [1.807, 2.05) is 0 Å². The van der Waals surface area contributed by atoms with Crippen molar-refractivity contribution < 1.29 is 0 Å². The van der Waals surface area contributed by atoms with E-state index in [9.17, 15) is 0 Å². The van der Waals surface area contributed by atoms with E-state index < -0.39 is 0 Å². The molecule has 2 nitrogen and oxygen atoms in total. The van der Waals surface area contributed by atoms with E-state index in [4.69, 9.17) is 18.0 Å². The highest BCUT2D eigenvalue weighted by atomic mass is 32.1. The van der Waals surface area contributed by atoms with E-state index in [1.54, 1.807) is 0 Å². The van der Waals surface area contributed by atoms with Gasteiger partial charge in [-0.15, -0.1) is 0 Å². The number of thiocarbonyl (C=S) groups is 1. The minimum absolute atomic E-state index is 0.360. The number of rotatable bonds is 3. The first-order chi connectivity index (χ1) is 6.16. The predicted octanol–water partition coefficient (Wildman–Crippen LogP) is 1.93. The van der Waals surface area contributed by atoms with Crippen LogP contribution in [0.2, 0.25) is 0 Å². The van der Waals surface area contributed by atoms with Crippen LogP contribution >= 0.6 is 12.2 Å². The summed E-state index contributed by atoms with van der Waals surface area (Å²) in [6, 6.07) is 0.977. The average Bonchev–Trinajstić information content (AvgIpc) is 2.16. The molecule has 2 unspecified atom stereocenters. The summed E-state index contributed by atoms with van der Waals surface area (Å²) in [6.07, 6.45) is 4.90. The van der Waals surface area contributed by atoms with Crippen molar-refractivity contribution in [3.05, 3.63) is 0 Å². The molecule has 1 saturated heterocycles. The number of nitrogens with zero attached hydrogens (tertiary/aromatic N) is 1. The molecule has 3 heteroatoms. The summed E-state index contributed by atoms with van der Waals surface area (Å²) in [4.78, 5) is 3.14. The fourth-order valence-electron chi connectivity index (χ4n) is 2.02. The van der Waals surface area contributed by atoms with Gasteiger partial charge < -0.3 is 5.73 Å². The largest absolute Gasteiger partial charge is 0.392 e. The van der Waals surface area contributed by atoms with Gasteiger partial charge in [-0.05, 0) is 32.7 Å². The number of piperidine rings is 1. The normalized spacial score (nSPS) is 27.1. The minimum Gasteiger partial charge on any atom is -0.392 e. The highest BCUT2D eigenvalue weighted by Crippen LogP contribution is 2.20. The van der Waals surface area contributed by atoms with Gasteiger partial charge >= 0.3 is 0 Å². The van der Waals surface area contributed by atoms with Crippen LogP contribution in [0.4, 0.5) is 0 Å². The second-order valence-electron chi connectivity index (χ2n) is 3.91. The van der Waals surface area contributed by atoms with Crippen molar-refractivity contribution >= 4 is 17.2 Å². The fourth-order valence-corrected chi connectivity index (χ4v) is 2.27. The van der Waals surface area contributed by atoms with Gasteiger partial charge in [-0.2, -0.15) is 0 Å². The molecule has 0 spiro atoms. The molecular formula is C10H20N2S. The predicted molar refractivity (Wildman–Crippen MR) is 60.9 cm³/mol. The van der Waals surface area contributed by atoms with Gasteiger partial charge in [0.15, 0.2) is 0 Å². The van der Waals surface area contributed by atoms with Crippen molar-refractivity contribution in [2.24, 2.45) is 5.73 Å². The molecule has 1 heterocycles. The van der Waals surface area contributed by atoms with E-state index in [0.29, 0.717) is 17.1 Å². The van der Waals surface area contributed by atoms with Crippen LogP contribution in [0.5, 0.6) is 0 Å². The van der Waals surface area contributed by atoms with Crippen LogP contribution in [0.3, 0.4) is 0 Å².